The average molecular weight is 512 g/mol. The third kappa shape index (κ3) is 8.34. The molecule has 1 aliphatic rings. The first-order valence-corrected chi connectivity index (χ1v) is 12.7. The zero-order valence-corrected chi connectivity index (χ0v) is 21.4. The first kappa shape index (κ1) is 27.1. The van der Waals surface area contributed by atoms with Gasteiger partial charge in [-0.05, 0) is 61.3 Å². The summed E-state index contributed by atoms with van der Waals surface area (Å²) in [5.41, 5.74) is 1.59. The van der Waals surface area contributed by atoms with Crippen LogP contribution in [0.4, 0.5) is 0 Å². The molecule has 0 aromatic heterocycles. The molecule has 2 amide bonds. The van der Waals surface area contributed by atoms with Gasteiger partial charge in [-0.15, -0.1) is 0 Å². The Kier molecular flexibility index (Phi) is 10.7. The molecule has 0 bridgehead atoms. The summed E-state index contributed by atoms with van der Waals surface area (Å²) in [5, 5.41) is 5.52. The van der Waals surface area contributed by atoms with E-state index in [2.05, 4.69) is 17.6 Å². The number of hydrogen-bond acceptors (Lipinski definition) is 6. The lowest BCUT2D eigenvalue weighted by Gasteiger charge is -2.36. The van der Waals surface area contributed by atoms with Crippen molar-refractivity contribution < 1.29 is 23.9 Å². The number of nitrogens with zero attached hydrogens (tertiary/aromatic N) is 1. The fourth-order valence-corrected chi connectivity index (χ4v) is 4.07. The largest absolute Gasteiger partial charge is 0.494 e. The molecule has 9 heteroatoms. The monoisotopic (exact) mass is 511 g/mol. The highest BCUT2D eigenvalue weighted by atomic mass is 32.1. The molecule has 2 aromatic carbocycles. The van der Waals surface area contributed by atoms with Gasteiger partial charge in [0, 0.05) is 18.7 Å². The first-order valence-electron chi connectivity index (χ1n) is 12.3. The predicted molar refractivity (Wildman–Crippen MR) is 141 cm³/mol. The quantitative estimate of drug-likeness (QED) is 0.272. The van der Waals surface area contributed by atoms with Gasteiger partial charge in [0.05, 0.1) is 19.6 Å². The van der Waals surface area contributed by atoms with Crippen molar-refractivity contribution in [3.8, 4) is 5.75 Å². The van der Waals surface area contributed by atoms with E-state index in [-0.39, 0.29) is 24.0 Å². The Morgan fingerprint density at radius 2 is 1.83 bits per heavy atom. The second-order valence-electron chi connectivity index (χ2n) is 8.50. The van der Waals surface area contributed by atoms with Crippen molar-refractivity contribution in [3.05, 3.63) is 65.7 Å². The molecule has 2 aromatic rings. The van der Waals surface area contributed by atoms with Crippen molar-refractivity contribution >= 4 is 35.1 Å². The van der Waals surface area contributed by atoms with Crippen LogP contribution in [0.2, 0.25) is 0 Å². The number of nitrogens with one attached hydrogen (secondary N) is 2. The molecule has 2 N–H and O–H groups in total. The van der Waals surface area contributed by atoms with E-state index in [4.69, 9.17) is 21.7 Å². The van der Waals surface area contributed by atoms with E-state index in [9.17, 15) is 14.4 Å². The third-order valence-electron chi connectivity index (χ3n) is 5.77. The van der Waals surface area contributed by atoms with Gasteiger partial charge >= 0.3 is 5.97 Å². The van der Waals surface area contributed by atoms with Gasteiger partial charge < -0.3 is 19.7 Å². The highest BCUT2D eigenvalue weighted by molar-refractivity contribution is 7.80. The normalized spacial score (nSPS) is 15.1. The summed E-state index contributed by atoms with van der Waals surface area (Å²) >= 11 is 5.43. The Hall–Kier alpha value is -3.46. The number of aryl methyl sites for hydroxylation is 1. The second kappa shape index (κ2) is 14.2. The number of thiocarbonyl (C=S) groups is 1. The van der Waals surface area contributed by atoms with E-state index in [0.717, 1.165) is 19.3 Å². The van der Waals surface area contributed by atoms with E-state index in [1.807, 2.05) is 30.3 Å². The van der Waals surface area contributed by atoms with Crippen molar-refractivity contribution in [3.63, 3.8) is 0 Å². The minimum Gasteiger partial charge on any atom is -0.494 e. The first-order chi connectivity index (χ1) is 17.5. The van der Waals surface area contributed by atoms with Gasteiger partial charge in [-0.25, -0.2) is 0 Å². The number of carbonyl (C=O) groups excluding carboxylic acids is 3. The number of amides is 2. The van der Waals surface area contributed by atoms with E-state index < -0.39 is 17.9 Å². The van der Waals surface area contributed by atoms with Gasteiger partial charge in [-0.1, -0.05) is 43.7 Å². The van der Waals surface area contributed by atoms with Crippen LogP contribution in [0.1, 0.15) is 48.5 Å². The summed E-state index contributed by atoms with van der Waals surface area (Å²) in [6, 6.07) is 15.9. The molecule has 1 unspecified atom stereocenters. The lowest BCUT2D eigenvalue weighted by molar-refractivity contribution is -0.147. The van der Waals surface area contributed by atoms with Crippen LogP contribution in [0, 0.1) is 0 Å². The minimum atomic E-state index is -0.845. The molecule has 0 spiro atoms. The number of ether oxygens (including phenoxy) is 2. The van der Waals surface area contributed by atoms with Crippen LogP contribution in [0.3, 0.4) is 0 Å². The number of piperazine rings is 1. The van der Waals surface area contributed by atoms with E-state index in [1.54, 1.807) is 29.2 Å². The summed E-state index contributed by atoms with van der Waals surface area (Å²) in [7, 11) is 0. The van der Waals surface area contributed by atoms with Crippen molar-refractivity contribution in [2.45, 2.75) is 45.1 Å². The number of carbonyl (C=O) groups is 3. The SMILES string of the molecule is CCCCOc1ccc(C(=O)NC(=S)N2CCNC(=O)C2CC(=O)OCCCc2ccccc2)cc1. The van der Waals surface area contributed by atoms with E-state index in [0.29, 0.717) is 37.4 Å². The van der Waals surface area contributed by atoms with Crippen molar-refractivity contribution in [2.24, 2.45) is 0 Å². The Labute approximate surface area is 217 Å². The maximum absolute atomic E-state index is 12.7. The van der Waals surface area contributed by atoms with Gasteiger partial charge in [-0.2, -0.15) is 0 Å². The highest BCUT2D eigenvalue weighted by Crippen LogP contribution is 2.14. The molecule has 1 saturated heterocycles. The topological polar surface area (TPSA) is 97.0 Å². The fraction of sp³-hybridized carbons (Fsp3) is 0.407. The third-order valence-corrected chi connectivity index (χ3v) is 6.11. The molecule has 1 fully saturated rings. The maximum atomic E-state index is 12.7. The van der Waals surface area contributed by atoms with E-state index in [1.165, 1.54) is 5.56 Å². The van der Waals surface area contributed by atoms with Gasteiger partial charge in [0.25, 0.3) is 5.91 Å². The molecular formula is C27H33N3O5S. The van der Waals surface area contributed by atoms with Crippen molar-refractivity contribution in [1.82, 2.24) is 15.5 Å². The van der Waals surface area contributed by atoms with Crippen LogP contribution in [0.5, 0.6) is 5.75 Å². The van der Waals surface area contributed by atoms with Crippen LogP contribution in [0.15, 0.2) is 54.6 Å². The van der Waals surface area contributed by atoms with Crippen LogP contribution in [-0.4, -0.2) is 60.1 Å². The molecule has 1 heterocycles. The summed E-state index contributed by atoms with van der Waals surface area (Å²) in [6.07, 6.45) is 3.33. The van der Waals surface area contributed by atoms with Crippen LogP contribution in [0.25, 0.3) is 0 Å². The highest BCUT2D eigenvalue weighted by Gasteiger charge is 2.34. The molecule has 8 nitrogen and oxygen atoms in total. The van der Waals surface area contributed by atoms with Crippen LogP contribution < -0.4 is 15.4 Å². The summed E-state index contributed by atoms with van der Waals surface area (Å²) in [5.74, 6) is -0.512. The predicted octanol–water partition coefficient (Wildman–Crippen LogP) is 3.25. The maximum Gasteiger partial charge on any atom is 0.308 e. The zero-order valence-electron chi connectivity index (χ0n) is 20.5. The molecular weight excluding hydrogens is 478 g/mol. The smallest absolute Gasteiger partial charge is 0.308 e. The lowest BCUT2D eigenvalue weighted by atomic mass is 10.1. The molecule has 0 saturated carbocycles. The van der Waals surface area contributed by atoms with Crippen molar-refractivity contribution in [1.29, 1.82) is 0 Å². The number of hydrogen-bond donors (Lipinski definition) is 2. The Balaban J connectivity index is 1.49. The number of rotatable bonds is 11. The molecule has 192 valence electrons. The molecule has 1 aliphatic heterocycles. The number of benzene rings is 2. The summed E-state index contributed by atoms with van der Waals surface area (Å²) < 4.78 is 11.0. The Bertz CT molecular complexity index is 1030. The van der Waals surface area contributed by atoms with E-state index >= 15 is 0 Å². The van der Waals surface area contributed by atoms with Gasteiger partial charge in [0.1, 0.15) is 11.8 Å². The molecule has 0 radical (unpaired) electrons. The standard InChI is InChI=1S/C27H33N3O5S/c1-2-3-17-34-22-13-11-21(12-14-22)25(32)29-27(36)30-16-15-28-26(33)23(30)19-24(31)35-18-7-10-20-8-5-4-6-9-20/h4-6,8-9,11-14,23H,2-3,7,10,15-19H2,1H3,(H,28,33)(H,29,32,36). The molecule has 0 aliphatic carbocycles. The van der Waals surface area contributed by atoms with Crippen LogP contribution in [-0.2, 0) is 20.7 Å². The minimum absolute atomic E-state index is 0.0972. The molecule has 3 rings (SSSR count). The van der Waals surface area contributed by atoms with Gasteiger partial charge in [-0.3, -0.25) is 19.7 Å². The number of unbranched alkanes of at least 4 members (excludes halogenated alkanes) is 1. The summed E-state index contributed by atoms with van der Waals surface area (Å²) in [4.78, 5) is 39.2. The van der Waals surface area contributed by atoms with Crippen LogP contribution >= 0.6 is 12.2 Å². The van der Waals surface area contributed by atoms with Gasteiger partial charge in [0.2, 0.25) is 5.91 Å². The molecule has 1 atom stereocenters. The average Bonchev–Trinajstić information content (AvgIpc) is 2.89. The molecule has 36 heavy (non-hydrogen) atoms. The zero-order chi connectivity index (χ0) is 25.8. The Morgan fingerprint density at radius 1 is 1.08 bits per heavy atom. The summed E-state index contributed by atoms with van der Waals surface area (Å²) in [6.45, 7) is 3.72. The second-order valence-corrected chi connectivity index (χ2v) is 8.89. The lowest BCUT2D eigenvalue weighted by Crippen LogP contribution is -2.60. The van der Waals surface area contributed by atoms with Crippen molar-refractivity contribution in [2.75, 3.05) is 26.3 Å². The fourth-order valence-electron chi connectivity index (χ4n) is 3.76. The van der Waals surface area contributed by atoms with Gasteiger partial charge in [0.15, 0.2) is 5.11 Å². The number of esters is 1. The Morgan fingerprint density at radius 3 is 2.56 bits per heavy atom.